The monoisotopic (exact) mass is 480 g/mol. The Hall–Kier alpha value is -2.11. The molecule has 32 heavy (non-hydrogen) atoms. The van der Waals surface area contributed by atoms with E-state index in [1.807, 2.05) is 4.90 Å². The predicted molar refractivity (Wildman–Crippen MR) is 106 cm³/mol. The van der Waals surface area contributed by atoms with Gasteiger partial charge in [-0.25, -0.2) is 8.42 Å². The Bertz CT molecular complexity index is 1040. The van der Waals surface area contributed by atoms with Crippen molar-refractivity contribution in [2.24, 2.45) is 0 Å². The average Bonchev–Trinajstić information content (AvgIpc) is 2.73. The van der Waals surface area contributed by atoms with E-state index in [9.17, 15) is 34.8 Å². The molecule has 0 bridgehead atoms. The molecule has 11 heteroatoms. The number of sulfonamides is 1. The average molecular weight is 480 g/mol. The minimum Gasteiger partial charge on any atom is -0.299 e. The lowest BCUT2D eigenvalue weighted by atomic mass is 10.0. The van der Waals surface area contributed by atoms with E-state index in [1.54, 1.807) is 13.1 Å². The zero-order chi connectivity index (χ0) is 23.7. The highest BCUT2D eigenvalue weighted by molar-refractivity contribution is 7.89. The summed E-state index contributed by atoms with van der Waals surface area (Å²) in [5.74, 6) is 0. The van der Waals surface area contributed by atoms with E-state index >= 15 is 0 Å². The van der Waals surface area contributed by atoms with Crippen molar-refractivity contribution < 1.29 is 34.8 Å². The van der Waals surface area contributed by atoms with Crippen molar-refractivity contribution in [3.63, 3.8) is 0 Å². The van der Waals surface area contributed by atoms with Crippen molar-refractivity contribution >= 4 is 10.0 Å². The standard InChI is InChI=1S/C21H22F6N2O2S/c1-28(14-15-5-4-6-16(13-15)20(22,23)24)17-9-11-29(12-10-17)32(30,31)19-8-3-2-7-18(19)21(25,26)27/h2-8,13,17H,9-12,14H2,1H3. The second-order valence-corrected chi connectivity index (χ2v) is 9.65. The van der Waals surface area contributed by atoms with Gasteiger partial charge in [0, 0.05) is 25.7 Å². The quantitative estimate of drug-likeness (QED) is 0.565. The Morgan fingerprint density at radius 1 is 0.938 bits per heavy atom. The second-order valence-electron chi connectivity index (χ2n) is 7.74. The molecule has 0 atom stereocenters. The normalized spacial score (nSPS) is 17.1. The molecule has 176 valence electrons. The third-order valence-electron chi connectivity index (χ3n) is 5.54. The highest BCUT2D eigenvalue weighted by atomic mass is 32.2. The number of nitrogens with zero attached hydrogens (tertiary/aromatic N) is 2. The minimum absolute atomic E-state index is 0.0200. The van der Waals surface area contributed by atoms with Crippen LogP contribution in [0.1, 0.15) is 29.5 Å². The van der Waals surface area contributed by atoms with Crippen molar-refractivity contribution in [2.45, 2.75) is 42.7 Å². The number of halogens is 6. The summed E-state index contributed by atoms with van der Waals surface area (Å²) < 4.78 is 105. The summed E-state index contributed by atoms with van der Waals surface area (Å²) in [6.45, 7) is 0.274. The fourth-order valence-electron chi connectivity index (χ4n) is 3.85. The first-order valence-electron chi connectivity index (χ1n) is 9.83. The summed E-state index contributed by atoms with van der Waals surface area (Å²) in [6.07, 6.45) is -8.54. The van der Waals surface area contributed by atoms with Crippen LogP contribution >= 0.6 is 0 Å². The van der Waals surface area contributed by atoms with Crippen LogP contribution in [0.25, 0.3) is 0 Å². The van der Waals surface area contributed by atoms with E-state index in [1.165, 1.54) is 12.1 Å². The molecule has 1 aliphatic heterocycles. The maximum absolute atomic E-state index is 13.3. The van der Waals surface area contributed by atoms with E-state index in [0.29, 0.717) is 18.4 Å². The van der Waals surface area contributed by atoms with Gasteiger partial charge in [-0.05, 0) is 43.7 Å². The molecule has 1 saturated heterocycles. The Morgan fingerprint density at radius 2 is 1.56 bits per heavy atom. The van der Waals surface area contributed by atoms with E-state index in [2.05, 4.69) is 0 Å². The van der Waals surface area contributed by atoms with Crippen LogP contribution in [0.2, 0.25) is 0 Å². The number of hydrogen-bond donors (Lipinski definition) is 0. The number of alkyl halides is 6. The molecule has 0 N–H and O–H groups in total. The summed E-state index contributed by atoms with van der Waals surface area (Å²) in [4.78, 5) is 1.06. The minimum atomic E-state index is -4.80. The lowest BCUT2D eigenvalue weighted by molar-refractivity contribution is -0.140. The van der Waals surface area contributed by atoms with Crippen molar-refractivity contribution in [3.05, 3.63) is 65.2 Å². The van der Waals surface area contributed by atoms with Crippen molar-refractivity contribution in [1.29, 1.82) is 0 Å². The van der Waals surface area contributed by atoms with E-state index < -0.39 is 38.4 Å². The largest absolute Gasteiger partial charge is 0.417 e. The summed E-state index contributed by atoms with van der Waals surface area (Å²) in [6, 6.07) is 8.93. The van der Waals surface area contributed by atoms with Crippen LogP contribution in [-0.4, -0.2) is 43.8 Å². The Labute approximate surface area is 182 Å². The van der Waals surface area contributed by atoms with Crippen LogP contribution in [0.15, 0.2) is 53.4 Å². The highest BCUT2D eigenvalue weighted by Gasteiger charge is 2.40. The topological polar surface area (TPSA) is 40.6 Å². The van der Waals surface area contributed by atoms with Gasteiger partial charge in [0.15, 0.2) is 0 Å². The van der Waals surface area contributed by atoms with Crippen LogP contribution in [0.3, 0.4) is 0 Å². The van der Waals surface area contributed by atoms with Gasteiger partial charge in [0.05, 0.1) is 16.0 Å². The zero-order valence-electron chi connectivity index (χ0n) is 17.1. The van der Waals surface area contributed by atoms with Gasteiger partial charge in [-0.2, -0.15) is 30.6 Å². The number of hydrogen-bond acceptors (Lipinski definition) is 3. The predicted octanol–water partition coefficient (Wildman–Crippen LogP) is 5.01. The molecule has 2 aromatic carbocycles. The highest BCUT2D eigenvalue weighted by Crippen LogP contribution is 2.36. The van der Waals surface area contributed by atoms with Crippen molar-refractivity contribution in [1.82, 2.24) is 9.21 Å². The van der Waals surface area contributed by atoms with Crippen LogP contribution in [0, 0.1) is 0 Å². The first kappa shape index (κ1) is 24.5. The summed E-state index contributed by atoms with van der Waals surface area (Å²) in [5, 5.41) is 0. The van der Waals surface area contributed by atoms with Gasteiger partial charge in [-0.15, -0.1) is 0 Å². The number of piperidine rings is 1. The Kier molecular flexibility index (Phi) is 6.92. The molecule has 0 aromatic heterocycles. The molecule has 0 radical (unpaired) electrons. The molecule has 1 aliphatic rings. The van der Waals surface area contributed by atoms with Gasteiger partial charge >= 0.3 is 12.4 Å². The third-order valence-corrected chi connectivity index (χ3v) is 7.50. The maximum atomic E-state index is 13.3. The van der Waals surface area contributed by atoms with Crippen LogP contribution in [-0.2, 0) is 28.9 Å². The lowest BCUT2D eigenvalue weighted by Gasteiger charge is -2.36. The molecule has 0 aliphatic carbocycles. The maximum Gasteiger partial charge on any atom is 0.417 e. The lowest BCUT2D eigenvalue weighted by Crippen LogP contribution is -2.45. The molecular formula is C21H22F6N2O2S. The van der Waals surface area contributed by atoms with Gasteiger partial charge < -0.3 is 0 Å². The summed E-state index contributed by atoms with van der Waals surface area (Å²) in [5.41, 5.74) is -1.48. The third kappa shape index (κ3) is 5.44. The molecule has 0 amide bonds. The van der Waals surface area contributed by atoms with E-state index in [0.717, 1.165) is 34.6 Å². The summed E-state index contributed by atoms with van der Waals surface area (Å²) in [7, 11) is -2.61. The second kappa shape index (κ2) is 9.03. The Balaban J connectivity index is 1.68. The van der Waals surface area contributed by atoms with E-state index in [4.69, 9.17) is 0 Å². The molecule has 0 saturated carbocycles. The molecule has 3 rings (SSSR count). The van der Waals surface area contributed by atoms with Gasteiger partial charge in [0.25, 0.3) is 0 Å². The molecule has 1 fully saturated rings. The van der Waals surface area contributed by atoms with Crippen molar-refractivity contribution in [3.8, 4) is 0 Å². The zero-order valence-corrected chi connectivity index (χ0v) is 17.9. The van der Waals surface area contributed by atoms with Gasteiger partial charge in [-0.1, -0.05) is 30.3 Å². The first-order chi connectivity index (χ1) is 14.8. The molecule has 1 heterocycles. The molecule has 2 aromatic rings. The number of benzene rings is 2. The molecule has 0 spiro atoms. The van der Waals surface area contributed by atoms with Crippen LogP contribution in [0.5, 0.6) is 0 Å². The smallest absolute Gasteiger partial charge is 0.299 e. The van der Waals surface area contributed by atoms with E-state index in [-0.39, 0.29) is 25.7 Å². The van der Waals surface area contributed by atoms with Crippen molar-refractivity contribution in [2.75, 3.05) is 20.1 Å². The number of rotatable bonds is 5. The molecule has 0 unspecified atom stereocenters. The van der Waals surface area contributed by atoms with Crippen LogP contribution in [0.4, 0.5) is 26.3 Å². The molecular weight excluding hydrogens is 458 g/mol. The van der Waals surface area contributed by atoms with Crippen LogP contribution < -0.4 is 0 Å². The first-order valence-corrected chi connectivity index (χ1v) is 11.3. The van der Waals surface area contributed by atoms with Gasteiger partial charge in [0.2, 0.25) is 10.0 Å². The Morgan fingerprint density at radius 3 is 2.16 bits per heavy atom. The van der Waals surface area contributed by atoms with Gasteiger partial charge in [0.1, 0.15) is 0 Å². The fraction of sp³-hybridized carbons (Fsp3) is 0.429. The SMILES string of the molecule is CN(Cc1cccc(C(F)(F)F)c1)C1CCN(S(=O)(=O)c2ccccc2C(F)(F)F)CC1. The molecule has 4 nitrogen and oxygen atoms in total. The van der Waals surface area contributed by atoms with Gasteiger partial charge in [-0.3, -0.25) is 4.90 Å². The fourth-order valence-corrected chi connectivity index (χ4v) is 5.53. The summed E-state index contributed by atoms with van der Waals surface area (Å²) >= 11 is 0.